The lowest BCUT2D eigenvalue weighted by Gasteiger charge is -2.08. The Kier molecular flexibility index (Phi) is 3.71. The van der Waals surface area contributed by atoms with Gasteiger partial charge in [0, 0.05) is 0 Å². The lowest BCUT2D eigenvalue weighted by Crippen LogP contribution is -2.27. The van der Waals surface area contributed by atoms with Crippen LogP contribution in [0.3, 0.4) is 0 Å². The summed E-state index contributed by atoms with van der Waals surface area (Å²) < 4.78 is 2.67. The maximum Gasteiger partial charge on any atom is 0.325 e. The number of carboxylic acids is 1. The van der Waals surface area contributed by atoms with Gasteiger partial charge < -0.3 is 5.11 Å². The third-order valence-corrected chi connectivity index (χ3v) is 4.05. The van der Waals surface area contributed by atoms with Gasteiger partial charge in [0.1, 0.15) is 6.54 Å². The smallest absolute Gasteiger partial charge is 0.325 e. The summed E-state index contributed by atoms with van der Waals surface area (Å²) in [5, 5.41) is 18.2. The Balaban J connectivity index is 2.31. The number of fused-ring (bicyclic) bond motifs is 1. The second-order valence-electron chi connectivity index (χ2n) is 5.95. The molecule has 24 heavy (non-hydrogen) atoms. The molecule has 0 aliphatic rings. The molecule has 0 aliphatic heterocycles. The van der Waals surface area contributed by atoms with Crippen molar-refractivity contribution in [2.45, 2.75) is 34.2 Å². The second-order valence-corrected chi connectivity index (χ2v) is 5.95. The molecule has 0 aliphatic carbocycles. The predicted molar refractivity (Wildman–Crippen MR) is 89.7 cm³/mol. The van der Waals surface area contributed by atoms with Gasteiger partial charge >= 0.3 is 5.97 Å². The van der Waals surface area contributed by atoms with Gasteiger partial charge in [0.25, 0.3) is 5.56 Å². The molecular formula is C17H18N4O3. The SMILES string of the molecule is Cc1ccc(-n2nc3c(=O)n(CC(=O)O)nc(C)c3c2C)c(C)c1. The quantitative estimate of drug-likeness (QED) is 0.794. The molecule has 0 radical (unpaired) electrons. The van der Waals surface area contributed by atoms with Crippen molar-refractivity contribution >= 4 is 16.9 Å². The predicted octanol–water partition coefficient (Wildman–Crippen LogP) is 1.90. The number of aliphatic carboxylic acids is 1. The van der Waals surface area contributed by atoms with Gasteiger partial charge in [-0.3, -0.25) is 9.59 Å². The number of rotatable bonds is 3. The van der Waals surface area contributed by atoms with Crippen molar-refractivity contribution < 1.29 is 9.90 Å². The molecule has 0 saturated carbocycles. The minimum absolute atomic E-state index is 0.237. The normalized spacial score (nSPS) is 11.2. The van der Waals surface area contributed by atoms with Gasteiger partial charge in [0.15, 0.2) is 5.52 Å². The number of nitrogens with zero attached hydrogens (tertiary/aromatic N) is 4. The maximum atomic E-state index is 12.5. The molecule has 2 heterocycles. The van der Waals surface area contributed by atoms with Gasteiger partial charge in [-0.15, -0.1) is 0 Å². The Bertz CT molecular complexity index is 1030. The second kappa shape index (κ2) is 5.59. The Morgan fingerprint density at radius 3 is 2.50 bits per heavy atom. The molecule has 1 aromatic carbocycles. The van der Waals surface area contributed by atoms with Crippen molar-refractivity contribution in [2.24, 2.45) is 0 Å². The fourth-order valence-corrected chi connectivity index (χ4v) is 3.00. The van der Waals surface area contributed by atoms with Crippen LogP contribution in [0.25, 0.3) is 16.6 Å². The van der Waals surface area contributed by atoms with E-state index in [9.17, 15) is 9.59 Å². The molecular weight excluding hydrogens is 308 g/mol. The Hall–Kier alpha value is -2.96. The van der Waals surface area contributed by atoms with E-state index >= 15 is 0 Å². The Morgan fingerprint density at radius 2 is 1.88 bits per heavy atom. The molecule has 7 heteroatoms. The van der Waals surface area contributed by atoms with Crippen LogP contribution < -0.4 is 5.56 Å². The van der Waals surface area contributed by atoms with Crippen LogP contribution in [-0.2, 0) is 11.3 Å². The van der Waals surface area contributed by atoms with Crippen LogP contribution in [-0.4, -0.2) is 30.6 Å². The molecule has 0 bridgehead atoms. The molecule has 0 saturated heterocycles. The summed E-state index contributed by atoms with van der Waals surface area (Å²) in [6.07, 6.45) is 0. The highest BCUT2D eigenvalue weighted by Crippen LogP contribution is 2.23. The highest BCUT2D eigenvalue weighted by molar-refractivity contribution is 5.83. The third-order valence-electron chi connectivity index (χ3n) is 4.05. The van der Waals surface area contributed by atoms with Gasteiger partial charge in [0.05, 0.1) is 22.5 Å². The van der Waals surface area contributed by atoms with Crippen molar-refractivity contribution in [1.29, 1.82) is 0 Å². The first-order valence-corrected chi connectivity index (χ1v) is 7.56. The number of carboxylic acid groups (broad SMARTS) is 1. The van der Waals surface area contributed by atoms with Crippen molar-refractivity contribution in [3.8, 4) is 5.69 Å². The van der Waals surface area contributed by atoms with E-state index in [4.69, 9.17) is 5.11 Å². The summed E-state index contributed by atoms with van der Waals surface area (Å²) in [6.45, 7) is 7.15. The molecule has 2 aromatic heterocycles. The van der Waals surface area contributed by atoms with Crippen LogP contribution in [0.2, 0.25) is 0 Å². The van der Waals surface area contributed by atoms with Gasteiger partial charge in [-0.25, -0.2) is 9.36 Å². The number of benzene rings is 1. The molecule has 124 valence electrons. The lowest BCUT2D eigenvalue weighted by atomic mass is 10.1. The Labute approximate surface area is 138 Å². The van der Waals surface area contributed by atoms with Crippen LogP contribution in [0, 0.1) is 27.7 Å². The van der Waals surface area contributed by atoms with Crippen molar-refractivity contribution in [3.63, 3.8) is 0 Å². The zero-order chi connectivity index (χ0) is 17.6. The van der Waals surface area contributed by atoms with Gasteiger partial charge in [-0.05, 0) is 39.3 Å². The molecule has 0 atom stereocenters. The van der Waals surface area contributed by atoms with Crippen LogP contribution in [0.5, 0.6) is 0 Å². The summed E-state index contributed by atoms with van der Waals surface area (Å²) >= 11 is 0. The molecule has 0 fully saturated rings. The average Bonchev–Trinajstić information content (AvgIpc) is 2.82. The first-order chi connectivity index (χ1) is 11.3. The van der Waals surface area contributed by atoms with E-state index in [0.29, 0.717) is 11.1 Å². The summed E-state index contributed by atoms with van der Waals surface area (Å²) in [6, 6.07) is 6.00. The van der Waals surface area contributed by atoms with Gasteiger partial charge in [0.2, 0.25) is 0 Å². The maximum absolute atomic E-state index is 12.5. The number of hydrogen-bond donors (Lipinski definition) is 1. The largest absolute Gasteiger partial charge is 0.480 e. The highest BCUT2D eigenvalue weighted by Gasteiger charge is 2.18. The minimum Gasteiger partial charge on any atom is -0.480 e. The Morgan fingerprint density at radius 1 is 1.17 bits per heavy atom. The number of carbonyl (C=O) groups is 1. The topological polar surface area (TPSA) is 90.0 Å². The lowest BCUT2D eigenvalue weighted by molar-refractivity contribution is -0.138. The van der Waals surface area contributed by atoms with E-state index in [1.54, 1.807) is 11.6 Å². The number of aryl methyl sites for hydroxylation is 4. The first kappa shape index (κ1) is 15.9. The summed E-state index contributed by atoms with van der Waals surface area (Å²) in [7, 11) is 0. The van der Waals surface area contributed by atoms with Crippen LogP contribution in [0.1, 0.15) is 22.5 Å². The van der Waals surface area contributed by atoms with E-state index in [1.807, 2.05) is 32.9 Å². The average molecular weight is 326 g/mol. The molecule has 0 spiro atoms. The molecule has 0 unspecified atom stereocenters. The fraction of sp³-hybridized carbons (Fsp3) is 0.294. The number of hydrogen-bond acceptors (Lipinski definition) is 4. The van der Waals surface area contributed by atoms with E-state index in [2.05, 4.69) is 16.3 Å². The third kappa shape index (κ3) is 2.47. The molecule has 0 amide bonds. The van der Waals surface area contributed by atoms with Crippen molar-refractivity contribution in [2.75, 3.05) is 0 Å². The monoisotopic (exact) mass is 326 g/mol. The molecule has 7 nitrogen and oxygen atoms in total. The van der Waals surface area contributed by atoms with Gasteiger partial charge in [-0.2, -0.15) is 10.2 Å². The summed E-state index contributed by atoms with van der Waals surface area (Å²) in [4.78, 5) is 23.4. The standard InChI is InChI=1S/C17H18N4O3/c1-9-5-6-13(10(2)7-9)21-12(4)15-11(3)18-20(8-14(22)23)17(24)16(15)19-21/h5-7H,8H2,1-4H3,(H,22,23). The molecule has 1 N–H and O–H groups in total. The molecule has 3 aromatic rings. The van der Waals surface area contributed by atoms with E-state index < -0.39 is 18.1 Å². The minimum atomic E-state index is -1.12. The zero-order valence-corrected chi connectivity index (χ0v) is 14.0. The number of aromatic nitrogens is 4. The van der Waals surface area contributed by atoms with Crippen LogP contribution >= 0.6 is 0 Å². The van der Waals surface area contributed by atoms with Crippen molar-refractivity contribution in [1.82, 2.24) is 19.6 Å². The van der Waals surface area contributed by atoms with E-state index in [0.717, 1.165) is 27.2 Å². The van der Waals surface area contributed by atoms with E-state index in [1.165, 1.54) is 0 Å². The fourth-order valence-electron chi connectivity index (χ4n) is 3.00. The van der Waals surface area contributed by atoms with Crippen molar-refractivity contribution in [3.05, 3.63) is 51.1 Å². The first-order valence-electron chi connectivity index (χ1n) is 7.56. The summed E-state index contributed by atoms with van der Waals surface area (Å²) in [5.74, 6) is -1.12. The van der Waals surface area contributed by atoms with Gasteiger partial charge in [-0.1, -0.05) is 17.7 Å². The summed E-state index contributed by atoms with van der Waals surface area (Å²) in [5.41, 5.74) is 4.21. The highest BCUT2D eigenvalue weighted by atomic mass is 16.4. The zero-order valence-electron chi connectivity index (χ0n) is 14.0. The van der Waals surface area contributed by atoms with Crippen LogP contribution in [0.4, 0.5) is 0 Å². The van der Waals surface area contributed by atoms with E-state index in [-0.39, 0.29) is 5.52 Å². The molecule has 3 rings (SSSR count). The van der Waals surface area contributed by atoms with Crippen LogP contribution in [0.15, 0.2) is 23.0 Å².